The first-order chi connectivity index (χ1) is 8.25. The topological polar surface area (TPSA) is 45.7 Å². The van der Waals surface area contributed by atoms with Gasteiger partial charge in [0.15, 0.2) is 0 Å². The second kappa shape index (κ2) is 6.09. The second-order valence-electron chi connectivity index (χ2n) is 4.06. The maximum Gasteiger partial charge on any atom is 0.236 e. The molecule has 94 valence electrons. The minimum atomic E-state index is 0.141. The number of likely N-dealkylation sites (N-methyl/N-ethyl adjacent to an activating group) is 1. The third kappa shape index (κ3) is 3.76. The molecule has 2 heterocycles. The molecule has 0 bridgehead atoms. The molecule has 0 unspecified atom stereocenters. The lowest BCUT2D eigenvalue weighted by Crippen LogP contribution is -2.43. The summed E-state index contributed by atoms with van der Waals surface area (Å²) in [5.74, 6) is 0.141. The average molecular weight is 255 g/mol. The van der Waals surface area contributed by atoms with Gasteiger partial charge in [0.1, 0.15) is 5.01 Å². The molecule has 1 aliphatic heterocycles. The van der Waals surface area contributed by atoms with Crippen molar-refractivity contribution in [3.8, 4) is 0 Å². The van der Waals surface area contributed by atoms with Crippen molar-refractivity contribution in [1.29, 1.82) is 0 Å². The van der Waals surface area contributed by atoms with Crippen LogP contribution in [0.25, 0.3) is 0 Å². The Bertz CT molecular complexity index is 350. The largest absolute Gasteiger partial charge is 0.379 e. The van der Waals surface area contributed by atoms with Gasteiger partial charge in [-0.05, 0) is 0 Å². The fourth-order valence-corrected chi connectivity index (χ4v) is 2.36. The van der Waals surface area contributed by atoms with Crippen LogP contribution >= 0.6 is 11.3 Å². The standard InChI is InChI=1S/C11H17N3O2S/c1-13(8-10-12-2-7-17-10)11(15)9-14-3-5-16-6-4-14/h2,7H,3-6,8-9H2,1H3. The summed E-state index contributed by atoms with van der Waals surface area (Å²) >= 11 is 1.58. The van der Waals surface area contributed by atoms with E-state index in [4.69, 9.17) is 4.74 Å². The molecular weight excluding hydrogens is 238 g/mol. The van der Waals surface area contributed by atoms with Crippen LogP contribution in [0.3, 0.4) is 0 Å². The van der Waals surface area contributed by atoms with E-state index in [1.165, 1.54) is 0 Å². The quantitative estimate of drug-likeness (QED) is 0.783. The van der Waals surface area contributed by atoms with Crippen LogP contribution < -0.4 is 0 Å². The summed E-state index contributed by atoms with van der Waals surface area (Å²) in [6.45, 7) is 4.21. The molecule has 0 spiro atoms. The lowest BCUT2D eigenvalue weighted by atomic mass is 10.4. The molecule has 1 aromatic rings. The van der Waals surface area contributed by atoms with Gasteiger partial charge in [0, 0.05) is 31.7 Å². The van der Waals surface area contributed by atoms with E-state index in [9.17, 15) is 4.79 Å². The van der Waals surface area contributed by atoms with Crippen molar-refractivity contribution in [3.05, 3.63) is 16.6 Å². The van der Waals surface area contributed by atoms with Crippen LogP contribution in [0, 0.1) is 0 Å². The van der Waals surface area contributed by atoms with Crippen molar-refractivity contribution in [2.75, 3.05) is 39.9 Å². The van der Waals surface area contributed by atoms with Gasteiger partial charge in [-0.2, -0.15) is 0 Å². The average Bonchev–Trinajstić information content (AvgIpc) is 2.83. The van der Waals surface area contributed by atoms with E-state index in [2.05, 4.69) is 9.88 Å². The van der Waals surface area contributed by atoms with Crippen LogP contribution in [0.15, 0.2) is 11.6 Å². The van der Waals surface area contributed by atoms with Gasteiger partial charge in [0.25, 0.3) is 0 Å². The molecule has 0 saturated carbocycles. The Hall–Kier alpha value is -0.980. The van der Waals surface area contributed by atoms with E-state index in [-0.39, 0.29) is 5.91 Å². The maximum atomic E-state index is 12.0. The zero-order chi connectivity index (χ0) is 12.1. The minimum absolute atomic E-state index is 0.141. The Morgan fingerprint density at radius 1 is 1.59 bits per heavy atom. The molecule has 17 heavy (non-hydrogen) atoms. The van der Waals surface area contributed by atoms with Gasteiger partial charge >= 0.3 is 0 Å². The van der Waals surface area contributed by atoms with E-state index in [1.807, 2.05) is 12.4 Å². The summed E-state index contributed by atoms with van der Waals surface area (Å²) in [7, 11) is 1.82. The fraction of sp³-hybridized carbons (Fsp3) is 0.636. The van der Waals surface area contributed by atoms with Crippen LogP contribution in [0.4, 0.5) is 0 Å². The SMILES string of the molecule is CN(Cc1nccs1)C(=O)CN1CCOCC1. The van der Waals surface area contributed by atoms with Crippen molar-refractivity contribution in [2.45, 2.75) is 6.54 Å². The number of nitrogens with zero attached hydrogens (tertiary/aromatic N) is 3. The molecule has 0 radical (unpaired) electrons. The van der Waals surface area contributed by atoms with Gasteiger partial charge in [0.05, 0.1) is 26.3 Å². The van der Waals surface area contributed by atoms with Crippen molar-refractivity contribution in [1.82, 2.24) is 14.8 Å². The first-order valence-electron chi connectivity index (χ1n) is 5.68. The van der Waals surface area contributed by atoms with E-state index in [1.54, 1.807) is 22.4 Å². The molecule has 0 aromatic carbocycles. The van der Waals surface area contributed by atoms with Gasteiger partial charge in [-0.3, -0.25) is 9.69 Å². The number of aromatic nitrogens is 1. The molecule has 6 heteroatoms. The number of rotatable bonds is 4. The Balaban J connectivity index is 1.78. The van der Waals surface area contributed by atoms with Crippen molar-refractivity contribution < 1.29 is 9.53 Å². The molecule has 1 amide bonds. The van der Waals surface area contributed by atoms with Crippen LogP contribution in [0.1, 0.15) is 5.01 Å². The number of hydrogen-bond acceptors (Lipinski definition) is 5. The van der Waals surface area contributed by atoms with Gasteiger partial charge < -0.3 is 9.64 Å². The molecule has 1 fully saturated rings. The second-order valence-corrected chi connectivity index (χ2v) is 5.04. The molecule has 2 rings (SSSR count). The molecule has 5 nitrogen and oxygen atoms in total. The summed E-state index contributed by atoms with van der Waals surface area (Å²) < 4.78 is 5.25. The van der Waals surface area contributed by atoms with Crippen LogP contribution in [0.5, 0.6) is 0 Å². The molecule has 0 aliphatic carbocycles. The zero-order valence-electron chi connectivity index (χ0n) is 9.96. The number of morpholine rings is 1. The maximum absolute atomic E-state index is 12.0. The Labute approximate surface area is 105 Å². The number of ether oxygens (including phenoxy) is 1. The smallest absolute Gasteiger partial charge is 0.236 e. The van der Waals surface area contributed by atoms with Gasteiger partial charge in [-0.25, -0.2) is 4.98 Å². The summed E-state index contributed by atoms with van der Waals surface area (Å²) in [5, 5.41) is 2.90. The summed E-state index contributed by atoms with van der Waals surface area (Å²) in [6.07, 6.45) is 1.76. The van der Waals surface area contributed by atoms with Crippen molar-refractivity contribution in [2.24, 2.45) is 0 Å². The molecule has 1 saturated heterocycles. The van der Waals surface area contributed by atoms with Crippen LogP contribution in [0.2, 0.25) is 0 Å². The summed E-state index contributed by atoms with van der Waals surface area (Å²) in [4.78, 5) is 20.0. The van der Waals surface area contributed by atoms with E-state index in [0.29, 0.717) is 13.1 Å². The number of carbonyl (C=O) groups excluding carboxylic acids is 1. The molecule has 1 aromatic heterocycles. The van der Waals surface area contributed by atoms with Crippen molar-refractivity contribution >= 4 is 17.2 Å². The van der Waals surface area contributed by atoms with E-state index < -0.39 is 0 Å². The predicted octanol–water partition coefficient (Wildman–Crippen LogP) is 0.434. The third-order valence-corrected chi connectivity index (χ3v) is 3.51. The lowest BCUT2D eigenvalue weighted by molar-refractivity contribution is -0.132. The Kier molecular flexibility index (Phi) is 4.47. The number of amides is 1. The Morgan fingerprint density at radius 2 is 2.35 bits per heavy atom. The molecule has 0 N–H and O–H groups in total. The fourth-order valence-electron chi connectivity index (χ4n) is 1.69. The summed E-state index contributed by atoms with van der Waals surface area (Å²) in [6, 6.07) is 0. The zero-order valence-corrected chi connectivity index (χ0v) is 10.8. The van der Waals surface area contributed by atoms with E-state index >= 15 is 0 Å². The first-order valence-corrected chi connectivity index (χ1v) is 6.56. The molecule has 1 aliphatic rings. The number of hydrogen-bond donors (Lipinski definition) is 0. The monoisotopic (exact) mass is 255 g/mol. The van der Waals surface area contributed by atoms with Crippen LogP contribution in [-0.2, 0) is 16.1 Å². The van der Waals surface area contributed by atoms with Crippen molar-refractivity contribution in [3.63, 3.8) is 0 Å². The predicted molar refractivity (Wildman–Crippen MR) is 65.8 cm³/mol. The summed E-state index contributed by atoms with van der Waals surface area (Å²) in [5.41, 5.74) is 0. The number of carbonyl (C=O) groups is 1. The highest BCUT2D eigenvalue weighted by Gasteiger charge is 2.17. The number of thiazole rings is 1. The highest BCUT2D eigenvalue weighted by atomic mass is 32.1. The lowest BCUT2D eigenvalue weighted by Gasteiger charge is -2.27. The normalized spacial score (nSPS) is 17.0. The Morgan fingerprint density at radius 3 is 3.00 bits per heavy atom. The van der Waals surface area contributed by atoms with Gasteiger partial charge in [-0.15, -0.1) is 11.3 Å². The van der Waals surface area contributed by atoms with E-state index in [0.717, 1.165) is 31.3 Å². The minimum Gasteiger partial charge on any atom is -0.379 e. The van der Waals surface area contributed by atoms with Gasteiger partial charge in [-0.1, -0.05) is 0 Å². The highest BCUT2D eigenvalue weighted by molar-refractivity contribution is 7.09. The molecular formula is C11H17N3O2S. The first kappa shape index (κ1) is 12.5. The molecule has 0 atom stereocenters. The van der Waals surface area contributed by atoms with Crippen LogP contribution in [-0.4, -0.2) is 60.6 Å². The third-order valence-electron chi connectivity index (χ3n) is 2.74. The highest BCUT2D eigenvalue weighted by Crippen LogP contribution is 2.07. The van der Waals surface area contributed by atoms with Gasteiger partial charge in [0.2, 0.25) is 5.91 Å².